The van der Waals surface area contributed by atoms with E-state index in [1.807, 2.05) is 41.8 Å². The van der Waals surface area contributed by atoms with Crippen molar-refractivity contribution in [1.29, 1.82) is 0 Å². The molecular formula is C24H24FN7O2. The molecule has 0 unspecified atom stereocenters. The Hall–Kier alpha value is -4.21. The van der Waals surface area contributed by atoms with Gasteiger partial charge in [0.15, 0.2) is 11.2 Å². The number of aromatic nitrogens is 6. The van der Waals surface area contributed by atoms with E-state index in [-0.39, 0.29) is 12.2 Å². The van der Waals surface area contributed by atoms with Crippen LogP contribution in [0.2, 0.25) is 0 Å². The van der Waals surface area contributed by atoms with Crippen LogP contribution in [0.3, 0.4) is 0 Å². The van der Waals surface area contributed by atoms with E-state index in [0.717, 1.165) is 5.56 Å². The number of imidazole rings is 2. The number of hydrogen-bond acceptors (Lipinski definition) is 5. The Morgan fingerprint density at radius 1 is 1.03 bits per heavy atom. The molecule has 5 aromatic rings. The molecule has 2 N–H and O–H groups in total. The summed E-state index contributed by atoms with van der Waals surface area (Å²) in [5, 5.41) is 0. The van der Waals surface area contributed by atoms with Crippen molar-refractivity contribution in [2.24, 2.45) is 0 Å². The average Bonchev–Trinajstić information content (AvgIpc) is 3.34. The molecule has 0 spiro atoms. The number of rotatable bonds is 6. The van der Waals surface area contributed by atoms with Crippen molar-refractivity contribution in [3.8, 4) is 0 Å². The molecule has 5 rings (SSSR count). The second kappa shape index (κ2) is 8.29. The number of nitrogens with one attached hydrogen (secondary N) is 2. The van der Waals surface area contributed by atoms with Crippen LogP contribution in [0.1, 0.15) is 24.1 Å². The number of nitrogens with zero attached hydrogens (tertiary/aromatic N) is 5. The van der Waals surface area contributed by atoms with E-state index in [0.29, 0.717) is 52.6 Å². The zero-order valence-corrected chi connectivity index (χ0v) is 19.1. The lowest BCUT2D eigenvalue weighted by atomic mass is 10.2. The largest absolute Gasteiger partial charge is 0.375 e. The van der Waals surface area contributed by atoms with Gasteiger partial charge in [0.1, 0.15) is 17.5 Å². The lowest BCUT2D eigenvalue weighted by Crippen LogP contribution is -2.30. The highest BCUT2D eigenvalue weighted by molar-refractivity contribution is 5.80. The predicted molar refractivity (Wildman–Crippen MR) is 129 cm³/mol. The van der Waals surface area contributed by atoms with Crippen molar-refractivity contribution >= 4 is 27.9 Å². The molecule has 0 bridgehead atoms. The topological polar surface area (TPSA) is 105 Å². The van der Waals surface area contributed by atoms with Crippen LogP contribution in [0, 0.1) is 5.82 Å². The fourth-order valence-electron chi connectivity index (χ4n) is 4.23. The molecule has 9 nitrogen and oxygen atoms in total. The van der Waals surface area contributed by atoms with Crippen molar-refractivity contribution in [1.82, 2.24) is 29.1 Å². The summed E-state index contributed by atoms with van der Waals surface area (Å²) < 4.78 is 17.7. The second-order valence-electron chi connectivity index (χ2n) is 8.35. The first-order chi connectivity index (χ1) is 16.4. The minimum absolute atomic E-state index is 0.270. The lowest BCUT2D eigenvalue weighted by molar-refractivity contribution is 0.628. The van der Waals surface area contributed by atoms with E-state index >= 15 is 0 Å². The summed E-state index contributed by atoms with van der Waals surface area (Å²) in [5.41, 5.74) is 2.32. The van der Waals surface area contributed by atoms with Crippen LogP contribution in [0.25, 0.3) is 22.2 Å². The summed E-state index contributed by atoms with van der Waals surface area (Å²) in [6.45, 7) is 2.59. The average molecular weight is 462 g/mol. The maximum atomic E-state index is 14.4. The van der Waals surface area contributed by atoms with Gasteiger partial charge in [-0.25, -0.2) is 19.2 Å². The number of aromatic amines is 2. The first-order valence-corrected chi connectivity index (χ1v) is 11.0. The fourth-order valence-corrected chi connectivity index (χ4v) is 4.23. The Kier molecular flexibility index (Phi) is 5.27. The van der Waals surface area contributed by atoms with Crippen molar-refractivity contribution in [2.75, 3.05) is 19.0 Å². The smallest absolute Gasteiger partial charge is 0.330 e. The predicted octanol–water partition coefficient (Wildman–Crippen LogP) is 2.63. The number of benzene rings is 2. The van der Waals surface area contributed by atoms with Gasteiger partial charge in [-0.1, -0.05) is 30.3 Å². The SMILES string of the molecule is CCn1c(=O)[nH]c(=O)c2c1nc(Cc1nc3cc(N(C)C)c(F)cc3[nH]1)n2Cc1ccccc1. The van der Waals surface area contributed by atoms with Gasteiger partial charge < -0.3 is 14.5 Å². The van der Waals surface area contributed by atoms with Gasteiger partial charge in [0.25, 0.3) is 5.56 Å². The molecule has 0 aliphatic carbocycles. The standard InChI is InChI=1S/C24H24FN7O2/c1-4-31-22-21(23(33)29-24(31)34)32(13-14-8-6-5-7-9-14)20(28-22)12-19-26-16-10-15(25)18(30(2)3)11-17(16)27-19/h5-11H,4,12-13H2,1-3H3,(H,26,27)(H,29,33,34). The van der Waals surface area contributed by atoms with Gasteiger partial charge in [0.05, 0.1) is 23.1 Å². The van der Waals surface area contributed by atoms with Crippen LogP contribution < -0.4 is 16.1 Å². The van der Waals surface area contributed by atoms with E-state index in [2.05, 4.69) is 15.0 Å². The van der Waals surface area contributed by atoms with Gasteiger partial charge >= 0.3 is 5.69 Å². The monoisotopic (exact) mass is 461 g/mol. The number of aryl methyl sites for hydroxylation is 1. The first kappa shape index (κ1) is 21.6. The lowest BCUT2D eigenvalue weighted by Gasteiger charge is -2.12. The Morgan fingerprint density at radius 3 is 2.50 bits per heavy atom. The number of fused-ring (bicyclic) bond motifs is 2. The molecule has 0 saturated heterocycles. The summed E-state index contributed by atoms with van der Waals surface area (Å²) in [6, 6.07) is 12.8. The maximum absolute atomic E-state index is 14.4. The van der Waals surface area contributed by atoms with E-state index in [1.54, 1.807) is 25.1 Å². The molecule has 0 aliphatic heterocycles. The Bertz CT molecular complexity index is 1630. The van der Waals surface area contributed by atoms with Gasteiger partial charge in [-0.05, 0) is 18.6 Å². The third-order valence-corrected chi connectivity index (χ3v) is 5.87. The summed E-state index contributed by atoms with van der Waals surface area (Å²) in [7, 11) is 3.54. The Morgan fingerprint density at radius 2 is 1.79 bits per heavy atom. The van der Waals surface area contributed by atoms with Gasteiger partial charge in [0, 0.05) is 33.3 Å². The van der Waals surface area contributed by atoms with Crippen LogP contribution in [-0.2, 0) is 19.5 Å². The maximum Gasteiger partial charge on any atom is 0.330 e. The minimum atomic E-state index is -0.494. The van der Waals surface area contributed by atoms with Crippen molar-refractivity contribution in [2.45, 2.75) is 26.4 Å². The Labute approximate surface area is 193 Å². The van der Waals surface area contributed by atoms with Crippen LogP contribution in [0.4, 0.5) is 10.1 Å². The molecule has 0 aliphatic rings. The normalized spacial score (nSPS) is 11.5. The number of halogens is 1. The summed E-state index contributed by atoms with van der Waals surface area (Å²) in [5.74, 6) is 0.809. The highest BCUT2D eigenvalue weighted by Crippen LogP contribution is 2.24. The zero-order valence-electron chi connectivity index (χ0n) is 19.1. The summed E-state index contributed by atoms with van der Waals surface area (Å²) in [6.07, 6.45) is 0.270. The fraction of sp³-hybridized carbons (Fsp3) is 0.250. The molecule has 34 heavy (non-hydrogen) atoms. The first-order valence-electron chi connectivity index (χ1n) is 11.0. The number of anilines is 1. The van der Waals surface area contributed by atoms with Crippen LogP contribution in [0.5, 0.6) is 0 Å². The molecule has 0 amide bonds. The molecule has 3 aromatic heterocycles. The molecule has 2 aromatic carbocycles. The highest BCUT2D eigenvalue weighted by atomic mass is 19.1. The second-order valence-corrected chi connectivity index (χ2v) is 8.35. The van der Waals surface area contributed by atoms with Crippen LogP contribution in [-0.4, -0.2) is 43.2 Å². The third-order valence-electron chi connectivity index (χ3n) is 5.87. The highest BCUT2D eigenvalue weighted by Gasteiger charge is 2.20. The van der Waals surface area contributed by atoms with E-state index in [9.17, 15) is 14.0 Å². The van der Waals surface area contributed by atoms with Gasteiger partial charge in [-0.3, -0.25) is 14.3 Å². The number of H-pyrrole nitrogens is 2. The molecule has 174 valence electrons. The summed E-state index contributed by atoms with van der Waals surface area (Å²) >= 11 is 0. The zero-order chi connectivity index (χ0) is 24.0. The molecule has 3 heterocycles. The molecule has 10 heteroatoms. The molecule has 0 fully saturated rings. The van der Waals surface area contributed by atoms with Gasteiger partial charge in [-0.15, -0.1) is 0 Å². The van der Waals surface area contributed by atoms with Crippen LogP contribution >= 0.6 is 0 Å². The molecular weight excluding hydrogens is 437 g/mol. The third kappa shape index (κ3) is 3.66. The van der Waals surface area contributed by atoms with Crippen LogP contribution in [0.15, 0.2) is 52.1 Å². The quantitative estimate of drug-likeness (QED) is 0.405. The molecule has 0 radical (unpaired) electrons. The molecule has 0 saturated carbocycles. The minimum Gasteiger partial charge on any atom is -0.375 e. The van der Waals surface area contributed by atoms with Gasteiger partial charge in [-0.2, -0.15) is 0 Å². The van der Waals surface area contributed by atoms with E-state index in [1.165, 1.54) is 10.6 Å². The van der Waals surface area contributed by atoms with E-state index < -0.39 is 11.2 Å². The van der Waals surface area contributed by atoms with Crippen molar-refractivity contribution in [3.63, 3.8) is 0 Å². The number of hydrogen-bond donors (Lipinski definition) is 2. The Balaban J connectivity index is 1.66. The van der Waals surface area contributed by atoms with Crippen molar-refractivity contribution < 1.29 is 4.39 Å². The molecule has 0 atom stereocenters. The van der Waals surface area contributed by atoms with E-state index in [4.69, 9.17) is 4.98 Å². The van der Waals surface area contributed by atoms with Gasteiger partial charge in [0.2, 0.25) is 0 Å². The van der Waals surface area contributed by atoms with Crippen molar-refractivity contribution in [3.05, 3.63) is 86.3 Å². The summed E-state index contributed by atoms with van der Waals surface area (Å²) in [4.78, 5) is 41.8.